The van der Waals surface area contributed by atoms with Gasteiger partial charge in [-0.2, -0.15) is 0 Å². The van der Waals surface area contributed by atoms with Gasteiger partial charge < -0.3 is 9.47 Å². The van der Waals surface area contributed by atoms with Gasteiger partial charge in [0.05, 0.1) is 0 Å². The number of hydrogen-bond donors (Lipinski definition) is 0. The van der Waals surface area contributed by atoms with E-state index in [9.17, 15) is 4.79 Å². The van der Waals surface area contributed by atoms with E-state index >= 15 is 0 Å². The van der Waals surface area contributed by atoms with Crippen LogP contribution in [-0.4, -0.2) is 22.7 Å². The van der Waals surface area contributed by atoms with Crippen molar-refractivity contribution < 1.29 is 14.3 Å². The molecule has 0 saturated carbocycles. The molecule has 0 amide bonds. The number of ether oxygens (including phenoxy) is 2. The highest BCUT2D eigenvalue weighted by Gasteiger charge is 2.17. The molecule has 0 radical (unpaired) electrons. The highest BCUT2D eigenvalue weighted by atomic mass is 32.1. The number of carbonyl (C=O) groups excluding carboxylic acids is 1. The van der Waals surface area contributed by atoms with Crippen LogP contribution < -0.4 is 0 Å². The van der Waals surface area contributed by atoms with Gasteiger partial charge in [-0.3, -0.25) is 4.79 Å². The first-order valence-electron chi connectivity index (χ1n) is 7.19. The van der Waals surface area contributed by atoms with Gasteiger partial charge in [0.15, 0.2) is 5.05 Å². The van der Waals surface area contributed by atoms with E-state index in [-0.39, 0.29) is 17.7 Å². The van der Waals surface area contributed by atoms with E-state index in [1.165, 1.54) is 6.92 Å². The lowest BCUT2D eigenvalue weighted by Gasteiger charge is -2.23. The lowest BCUT2D eigenvalue weighted by Crippen LogP contribution is -2.25. The Morgan fingerprint density at radius 3 is 2.38 bits per heavy atom. The molecule has 0 aliphatic rings. The summed E-state index contributed by atoms with van der Waals surface area (Å²) in [6, 6.07) is 9.98. The molecular weight excluding hydrogens is 284 g/mol. The van der Waals surface area contributed by atoms with Gasteiger partial charge >= 0.3 is 5.97 Å². The van der Waals surface area contributed by atoms with Crippen LogP contribution in [0.25, 0.3) is 0 Å². The predicted octanol–water partition coefficient (Wildman–Crippen LogP) is 4.08. The van der Waals surface area contributed by atoms with Gasteiger partial charge in [-0.1, -0.05) is 30.3 Å². The van der Waals surface area contributed by atoms with Gasteiger partial charge in [0.2, 0.25) is 0 Å². The monoisotopic (exact) mass is 308 g/mol. The maximum Gasteiger partial charge on any atom is 0.302 e. The summed E-state index contributed by atoms with van der Waals surface area (Å²) in [7, 11) is 0. The van der Waals surface area contributed by atoms with Crippen molar-refractivity contribution in [3.05, 3.63) is 35.9 Å². The lowest BCUT2D eigenvalue weighted by atomic mass is 10.0. The zero-order valence-electron chi connectivity index (χ0n) is 13.2. The molecule has 1 aromatic rings. The standard InChI is InChI=1S/C17H24O3S/c1-13(18)19-15(12-14-8-6-5-7-9-14)10-11-16(21)20-17(2,3)4/h5-9,15H,10-12H2,1-4H3. The number of esters is 1. The van der Waals surface area contributed by atoms with Crippen molar-refractivity contribution in [2.24, 2.45) is 0 Å². The first-order chi connectivity index (χ1) is 9.76. The normalized spacial score (nSPS) is 12.6. The van der Waals surface area contributed by atoms with Crippen molar-refractivity contribution in [1.82, 2.24) is 0 Å². The van der Waals surface area contributed by atoms with Crippen molar-refractivity contribution in [2.45, 2.75) is 58.7 Å². The maximum atomic E-state index is 11.2. The van der Waals surface area contributed by atoms with E-state index in [2.05, 4.69) is 0 Å². The number of hydrogen-bond acceptors (Lipinski definition) is 4. The number of benzene rings is 1. The highest BCUT2D eigenvalue weighted by Crippen LogP contribution is 2.15. The van der Waals surface area contributed by atoms with Gasteiger partial charge in [-0.25, -0.2) is 0 Å². The molecule has 116 valence electrons. The van der Waals surface area contributed by atoms with Gasteiger partial charge in [0.25, 0.3) is 0 Å². The minimum atomic E-state index is -0.284. The van der Waals surface area contributed by atoms with Crippen LogP contribution >= 0.6 is 12.2 Å². The zero-order chi connectivity index (χ0) is 15.9. The minimum absolute atomic E-state index is 0.175. The minimum Gasteiger partial charge on any atom is -0.482 e. The Bertz CT molecular complexity index is 463. The van der Waals surface area contributed by atoms with E-state index in [0.29, 0.717) is 24.3 Å². The molecule has 1 aromatic carbocycles. The molecule has 1 atom stereocenters. The topological polar surface area (TPSA) is 35.5 Å². The Kier molecular flexibility index (Phi) is 6.82. The van der Waals surface area contributed by atoms with Crippen LogP contribution in [0.1, 0.15) is 46.1 Å². The van der Waals surface area contributed by atoms with E-state index in [0.717, 1.165) is 5.56 Å². The van der Waals surface area contributed by atoms with E-state index in [4.69, 9.17) is 21.7 Å². The molecular formula is C17H24O3S. The molecule has 0 bridgehead atoms. The molecule has 4 heteroatoms. The van der Waals surface area contributed by atoms with E-state index in [1.54, 1.807) is 0 Å². The summed E-state index contributed by atoms with van der Waals surface area (Å²) in [5.41, 5.74) is 0.861. The van der Waals surface area contributed by atoms with Crippen molar-refractivity contribution in [1.29, 1.82) is 0 Å². The summed E-state index contributed by atoms with van der Waals surface area (Å²) in [5, 5.41) is 0.563. The second-order valence-electron chi connectivity index (χ2n) is 6.05. The predicted molar refractivity (Wildman–Crippen MR) is 88.4 cm³/mol. The SMILES string of the molecule is CC(=O)OC(CCC(=S)OC(C)(C)C)Cc1ccccc1. The van der Waals surface area contributed by atoms with Crippen LogP contribution in [0.4, 0.5) is 0 Å². The maximum absolute atomic E-state index is 11.2. The molecule has 1 rings (SSSR count). The smallest absolute Gasteiger partial charge is 0.302 e. The summed E-state index contributed by atoms with van der Waals surface area (Å²) < 4.78 is 11.0. The van der Waals surface area contributed by atoms with Crippen LogP contribution in [0.2, 0.25) is 0 Å². The third-order valence-corrected chi connectivity index (χ3v) is 3.02. The van der Waals surface area contributed by atoms with Crippen LogP contribution in [0, 0.1) is 0 Å². The fourth-order valence-electron chi connectivity index (χ4n) is 1.99. The Morgan fingerprint density at radius 1 is 1.24 bits per heavy atom. The van der Waals surface area contributed by atoms with Crippen LogP contribution in [0.5, 0.6) is 0 Å². The molecule has 0 aliphatic heterocycles. The summed E-state index contributed by atoms with van der Waals surface area (Å²) >= 11 is 5.24. The number of thiocarbonyl (C=S) groups is 1. The molecule has 0 heterocycles. The van der Waals surface area contributed by atoms with E-state index in [1.807, 2.05) is 51.1 Å². The quantitative estimate of drug-likeness (QED) is 0.586. The second kappa shape index (κ2) is 8.13. The Labute approximate surface area is 132 Å². The second-order valence-corrected chi connectivity index (χ2v) is 6.50. The van der Waals surface area contributed by atoms with Crippen molar-refractivity contribution in [3.8, 4) is 0 Å². The Balaban J connectivity index is 2.54. The molecule has 0 saturated heterocycles. The summed E-state index contributed by atoms with van der Waals surface area (Å²) in [6.45, 7) is 7.33. The molecule has 0 fully saturated rings. The lowest BCUT2D eigenvalue weighted by molar-refractivity contribution is -0.146. The van der Waals surface area contributed by atoms with Crippen LogP contribution in [0.15, 0.2) is 30.3 Å². The van der Waals surface area contributed by atoms with Gasteiger partial charge in [-0.05, 0) is 45.0 Å². The Hall–Kier alpha value is -1.42. The summed E-state index contributed by atoms with van der Waals surface area (Å²) in [6.07, 6.45) is 1.80. The largest absolute Gasteiger partial charge is 0.482 e. The van der Waals surface area contributed by atoms with Crippen molar-refractivity contribution in [3.63, 3.8) is 0 Å². The molecule has 0 aromatic heterocycles. The molecule has 21 heavy (non-hydrogen) atoms. The summed E-state index contributed by atoms with van der Waals surface area (Å²) in [4.78, 5) is 11.2. The fourth-order valence-corrected chi connectivity index (χ4v) is 2.35. The third kappa shape index (κ3) is 8.45. The number of rotatable bonds is 6. The fraction of sp³-hybridized carbons (Fsp3) is 0.529. The van der Waals surface area contributed by atoms with E-state index < -0.39 is 0 Å². The zero-order valence-corrected chi connectivity index (χ0v) is 14.0. The van der Waals surface area contributed by atoms with Gasteiger partial charge in [0.1, 0.15) is 11.7 Å². The molecule has 0 spiro atoms. The Morgan fingerprint density at radius 2 is 1.86 bits per heavy atom. The molecule has 0 N–H and O–H groups in total. The average molecular weight is 308 g/mol. The van der Waals surface area contributed by atoms with Gasteiger partial charge in [-0.15, -0.1) is 0 Å². The van der Waals surface area contributed by atoms with Gasteiger partial charge in [0, 0.05) is 19.8 Å². The van der Waals surface area contributed by atoms with Crippen molar-refractivity contribution in [2.75, 3.05) is 0 Å². The van der Waals surface area contributed by atoms with Crippen LogP contribution in [-0.2, 0) is 20.7 Å². The molecule has 3 nitrogen and oxygen atoms in total. The van der Waals surface area contributed by atoms with Crippen molar-refractivity contribution >= 4 is 23.2 Å². The molecule has 1 unspecified atom stereocenters. The highest BCUT2D eigenvalue weighted by molar-refractivity contribution is 7.80. The van der Waals surface area contributed by atoms with Crippen LogP contribution in [0.3, 0.4) is 0 Å². The first kappa shape index (κ1) is 17.6. The average Bonchev–Trinajstić information content (AvgIpc) is 2.34. The number of carbonyl (C=O) groups is 1. The molecule has 0 aliphatic carbocycles. The first-order valence-corrected chi connectivity index (χ1v) is 7.60. The summed E-state index contributed by atoms with van der Waals surface area (Å²) in [5.74, 6) is -0.265. The third-order valence-electron chi connectivity index (χ3n) is 2.73.